The molecule has 0 spiro atoms. The second-order valence-corrected chi connectivity index (χ2v) is 9.19. The molecule has 1 N–H and O–H groups in total. The van der Waals surface area contributed by atoms with E-state index in [0.717, 1.165) is 60.4 Å². The molecule has 2 saturated heterocycles. The van der Waals surface area contributed by atoms with Crippen LogP contribution in [-0.4, -0.2) is 64.5 Å². The van der Waals surface area contributed by atoms with Crippen molar-refractivity contribution in [2.24, 2.45) is 5.92 Å². The largest absolute Gasteiger partial charge is 0.497 e. The monoisotopic (exact) mass is 459 g/mol. The summed E-state index contributed by atoms with van der Waals surface area (Å²) in [6.07, 6.45) is 5.53. The van der Waals surface area contributed by atoms with Gasteiger partial charge in [-0.1, -0.05) is 24.3 Å². The number of para-hydroxylation sites is 1. The number of hydrogen-bond donors (Lipinski definition) is 1. The first-order chi connectivity index (χ1) is 16.5. The number of hydrogen-bond acceptors (Lipinski definition) is 6. The molecule has 1 aromatic heterocycles. The van der Waals surface area contributed by atoms with Crippen LogP contribution in [0.5, 0.6) is 5.75 Å². The molecule has 8 heteroatoms. The zero-order chi connectivity index (χ0) is 23.7. The molecule has 2 aliphatic rings. The second kappa shape index (κ2) is 9.02. The topological polar surface area (TPSA) is 87.7 Å². The van der Waals surface area contributed by atoms with Crippen LogP contribution in [0.3, 0.4) is 0 Å². The number of nitrogens with zero attached hydrogens (tertiary/aromatic N) is 4. The Kier molecular flexibility index (Phi) is 5.91. The predicted octanol–water partition coefficient (Wildman–Crippen LogP) is 3.01. The number of likely N-dealkylation sites (tertiary alicyclic amines) is 1. The van der Waals surface area contributed by atoms with Crippen LogP contribution in [0.15, 0.2) is 54.9 Å². The minimum absolute atomic E-state index is 0.0451. The molecule has 3 amide bonds. The molecule has 3 aromatic rings. The molecule has 176 valence electrons. The first-order valence-electron chi connectivity index (χ1n) is 11.6. The molecule has 8 nitrogen and oxygen atoms in total. The standard InChI is InChI=1S/C26H29N5O3/c1-30-24(32)26(29-25(30)33,16-18-5-3-7-21(15-18)34-2)20-9-13-31(14-10-20)17-19-6-4-8-22-23(19)28-12-11-27-22/h3-8,11-12,15,20H,9-10,13-14,16-17H2,1-2H3,(H,29,33)/t26-/m0/s1. The number of nitrogens with one attached hydrogen (secondary N) is 1. The number of aromatic nitrogens is 2. The van der Waals surface area contributed by atoms with Crippen LogP contribution in [0.4, 0.5) is 4.79 Å². The van der Waals surface area contributed by atoms with Gasteiger partial charge < -0.3 is 10.1 Å². The van der Waals surface area contributed by atoms with Crippen LogP contribution in [-0.2, 0) is 17.8 Å². The summed E-state index contributed by atoms with van der Waals surface area (Å²) in [5.41, 5.74) is 3.02. The average molecular weight is 460 g/mol. The van der Waals surface area contributed by atoms with Crippen molar-refractivity contribution in [2.45, 2.75) is 31.3 Å². The SMILES string of the molecule is COc1cccc(C[C@@]2(C3CCN(Cc4cccc5nccnc45)CC3)NC(=O)N(C)C2=O)c1. The van der Waals surface area contributed by atoms with Crippen molar-refractivity contribution >= 4 is 23.0 Å². The highest BCUT2D eigenvalue weighted by atomic mass is 16.5. The van der Waals surface area contributed by atoms with E-state index in [1.807, 2.05) is 36.4 Å². The van der Waals surface area contributed by atoms with Gasteiger partial charge in [-0.15, -0.1) is 0 Å². The van der Waals surface area contributed by atoms with Crippen LogP contribution in [0.1, 0.15) is 24.0 Å². The Morgan fingerprint density at radius 1 is 1.09 bits per heavy atom. The normalized spacial score (nSPS) is 21.8. The molecule has 1 atom stereocenters. The van der Waals surface area contributed by atoms with Crippen LogP contribution < -0.4 is 10.1 Å². The molecule has 2 fully saturated rings. The van der Waals surface area contributed by atoms with E-state index >= 15 is 0 Å². The third kappa shape index (κ3) is 3.98. The van der Waals surface area contributed by atoms with Crippen LogP contribution in [0.25, 0.3) is 11.0 Å². The third-order valence-electron chi connectivity index (χ3n) is 7.20. The zero-order valence-electron chi connectivity index (χ0n) is 19.5. The lowest BCUT2D eigenvalue weighted by Gasteiger charge is -2.41. The summed E-state index contributed by atoms with van der Waals surface area (Å²) in [5.74, 6) is 0.637. The van der Waals surface area contributed by atoms with Crippen LogP contribution in [0, 0.1) is 5.92 Å². The number of carbonyl (C=O) groups is 2. The van der Waals surface area contributed by atoms with Crippen LogP contribution in [0.2, 0.25) is 0 Å². The van der Waals surface area contributed by atoms with E-state index in [9.17, 15) is 9.59 Å². The van der Waals surface area contributed by atoms with Gasteiger partial charge in [-0.3, -0.25) is 24.6 Å². The minimum Gasteiger partial charge on any atom is -0.497 e. The Labute approximate surface area is 198 Å². The van der Waals surface area contributed by atoms with Crippen molar-refractivity contribution < 1.29 is 14.3 Å². The van der Waals surface area contributed by atoms with Crippen molar-refractivity contribution in [1.29, 1.82) is 0 Å². The molecule has 0 aliphatic carbocycles. The number of methoxy groups -OCH3 is 1. The smallest absolute Gasteiger partial charge is 0.324 e. The molecule has 5 rings (SSSR count). The lowest BCUT2D eigenvalue weighted by molar-refractivity contribution is -0.133. The molecule has 3 heterocycles. The van der Waals surface area contributed by atoms with Gasteiger partial charge in [0, 0.05) is 32.4 Å². The zero-order valence-corrected chi connectivity index (χ0v) is 19.5. The summed E-state index contributed by atoms with van der Waals surface area (Å²) in [5, 5.41) is 3.07. The molecule has 2 aromatic carbocycles. The molecular formula is C26H29N5O3. The summed E-state index contributed by atoms with van der Waals surface area (Å²) in [4.78, 5) is 38.5. The molecule has 0 radical (unpaired) electrons. The van der Waals surface area contributed by atoms with Crippen molar-refractivity contribution in [3.63, 3.8) is 0 Å². The van der Waals surface area contributed by atoms with Gasteiger partial charge in [-0.05, 0) is 61.2 Å². The Morgan fingerprint density at radius 3 is 2.59 bits per heavy atom. The van der Waals surface area contributed by atoms with E-state index in [-0.39, 0.29) is 17.9 Å². The second-order valence-electron chi connectivity index (χ2n) is 9.19. The van der Waals surface area contributed by atoms with Crippen molar-refractivity contribution in [1.82, 2.24) is 25.1 Å². The summed E-state index contributed by atoms with van der Waals surface area (Å²) < 4.78 is 5.37. The van der Waals surface area contributed by atoms with Gasteiger partial charge in [0.2, 0.25) is 0 Å². The fraction of sp³-hybridized carbons (Fsp3) is 0.385. The highest BCUT2D eigenvalue weighted by Crippen LogP contribution is 2.37. The number of rotatable bonds is 6. The van der Waals surface area contributed by atoms with E-state index in [2.05, 4.69) is 26.3 Å². The number of amides is 3. The maximum Gasteiger partial charge on any atom is 0.324 e. The number of carbonyl (C=O) groups excluding carboxylic acids is 2. The van der Waals surface area contributed by atoms with Gasteiger partial charge >= 0.3 is 6.03 Å². The highest BCUT2D eigenvalue weighted by molar-refractivity contribution is 6.07. The van der Waals surface area contributed by atoms with Crippen molar-refractivity contribution in [3.05, 3.63) is 66.0 Å². The molecule has 34 heavy (non-hydrogen) atoms. The number of fused-ring (bicyclic) bond motifs is 1. The van der Waals surface area contributed by atoms with Gasteiger partial charge in [0.25, 0.3) is 5.91 Å². The Hall–Kier alpha value is -3.52. The number of ether oxygens (including phenoxy) is 1. The predicted molar refractivity (Wildman–Crippen MR) is 128 cm³/mol. The number of benzene rings is 2. The fourth-order valence-corrected chi connectivity index (χ4v) is 5.37. The summed E-state index contributed by atoms with van der Waals surface area (Å²) in [7, 11) is 3.18. The van der Waals surface area contributed by atoms with E-state index in [1.54, 1.807) is 26.6 Å². The van der Waals surface area contributed by atoms with Gasteiger partial charge in [-0.2, -0.15) is 0 Å². The van der Waals surface area contributed by atoms with E-state index in [0.29, 0.717) is 6.42 Å². The van der Waals surface area contributed by atoms with Gasteiger partial charge in [0.15, 0.2) is 0 Å². The maximum atomic E-state index is 13.4. The molecule has 0 saturated carbocycles. The molecular weight excluding hydrogens is 430 g/mol. The van der Waals surface area contributed by atoms with Gasteiger partial charge in [0.1, 0.15) is 11.3 Å². The van der Waals surface area contributed by atoms with Gasteiger partial charge in [-0.25, -0.2) is 4.79 Å². The first-order valence-corrected chi connectivity index (χ1v) is 11.6. The van der Waals surface area contributed by atoms with E-state index < -0.39 is 5.54 Å². The lowest BCUT2D eigenvalue weighted by Crippen LogP contribution is -2.57. The minimum atomic E-state index is -0.935. The lowest BCUT2D eigenvalue weighted by atomic mass is 9.74. The third-order valence-corrected chi connectivity index (χ3v) is 7.20. The molecule has 2 aliphatic heterocycles. The van der Waals surface area contributed by atoms with Crippen molar-refractivity contribution in [2.75, 3.05) is 27.2 Å². The Morgan fingerprint density at radius 2 is 1.85 bits per heavy atom. The first kappa shape index (κ1) is 22.3. The number of imide groups is 1. The quantitative estimate of drug-likeness (QED) is 0.570. The summed E-state index contributed by atoms with van der Waals surface area (Å²) in [6, 6.07) is 13.5. The van der Waals surface area contributed by atoms with E-state index in [4.69, 9.17) is 4.74 Å². The van der Waals surface area contributed by atoms with Crippen LogP contribution >= 0.6 is 0 Å². The number of piperidine rings is 1. The fourth-order valence-electron chi connectivity index (χ4n) is 5.37. The molecule has 0 unspecified atom stereocenters. The number of likely N-dealkylation sites (N-methyl/N-ethyl adjacent to an activating group) is 1. The van der Waals surface area contributed by atoms with Gasteiger partial charge in [0.05, 0.1) is 18.1 Å². The highest BCUT2D eigenvalue weighted by Gasteiger charge is 2.54. The summed E-state index contributed by atoms with van der Waals surface area (Å²) >= 11 is 0. The number of urea groups is 1. The molecule has 0 bridgehead atoms. The maximum absolute atomic E-state index is 13.4. The van der Waals surface area contributed by atoms with E-state index in [1.165, 1.54) is 4.90 Å². The summed E-state index contributed by atoms with van der Waals surface area (Å²) in [6.45, 7) is 2.47. The Balaban J connectivity index is 1.35. The Bertz CT molecular complexity index is 1220. The average Bonchev–Trinajstić information content (AvgIpc) is 3.09. The van der Waals surface area contributed by atoms with Crippen molar-refractivity contribution in [3.8, 4) is 5.75 Å².